The van der Waals surface area contributed by atoms with E-state index in [-0.39, 0.29) is 0 Å². The first-order valence-corrected chi connectivity index (χ1v) is 6.49. The number of thiazole rings is 1. The molecule has 0 aliphatic carbocycles. The SMILES string of the molecule is Cc1nc(CCN2CCC(CN)C2)cs1. The van der Waals surface area contributed by atoms with Gasteiger partial charge in [0.05, 0.1) is 10.7 Å². The number of nitrogens with two attached hydrogens (primary N) is 1. The van der Waals surface area contributed by atoms with Crippen LogP contribution in [0, 0.1) is 12.8 Å². The van der Waals surface area contributed by atoms with Crippen LogP contribution in [-0.4, -0.2) is 36.1 Å². The first-order valence-electron chi connectivity index (χ1n) is 5.61. The minimum atomic E-state index is 0.724. The summed E-state index contributed by atoms with van der Waals surface area (Å²) in [5, 5.41) is 3.34. The highest BCUT2D eigenvalue weighted by molar-refractivity contribution is 7.09. The minimum Gasteiger partial charge on any atom is -0.330 e. The van der Waals surface area contributed by atoms with E-state index in [2.05, 4.69) is 22.2 Å². The van der Waals surface area contributed by atoms with Gasteiger partial charge in [-0.15, -0.1) is 11.3 Å². The first-order chi connectivity index (χ1) is 7.28. The normalized spacial score (nSPS) is 22.4. The summed E-state index contributed by atoms with van der Waals surface area (Å²) >= 11 is 1.74. The van der Waals surface area contributed by atoms with E-state index in [4.69, 9.17) is 5.73 Å². The van der Waals surface area contributed by atoms with Crippen LogP contribution in [0.1, 0.15) is 17.1 Å². The molecular weight excluding hydrogens is 206 g/mol. The summed E-state index contributed by atoms with van der Waals surface area (Å²) in [6, 6.07) is 0. The molecule has 2 N–H and O–H groups in total. The topological polar surface area (TPSA) is 42.2 Å². The molecule has 1 aliphatic rings. The van der Waals surface area contributed by atoms with Gasteiger partial charge in [0.25, 0.3) is 0 Å². The molecule has 4 heteroatoms. The summed E-state index contributed by atoms with van der Waals surface area (Å²) < 4.78 is 0. The molecule has 1 atom stereocenters. The fourth-order valence-corrected chi connectivity index (χ4v) is 2.75. The summed E-state index contributed by atoms with van der Waals surface area (Å²) in [5.41, 5.74) is 6.91. The molecule has 84 valence electrons. The van der Waals surface area contributed by atoms with Gasteiger partial charge >= 0.3 is 0 Å². The van der Waals surface area contributed by atoms with Gasteiger partial charge < -0.3 is 10.6 Å². The molecule has 1 aromatic rings. The summed E-state index contributed by atoms with van der Waals surface area (Å²) in [4.78, 5) is 6.98. The van der Waals surface area contributed by atoms with Crippen molar-refractivity contribution in [2.45, 2.75) is 19.8 Å². The van der Waals surface area contributed by atoms with E-state index in [9.17, 15) is 0 Å². The van der Waals surface area contributed by atoms with Crippen molar-refractivity contribution in [2.75, 3.05) is 26.2 Å². The van der Waals surface area contributed by atoms with Gasteiger partial charge in [0, 0.05) is 24.9 Å². The number of hydrogen-bond acceptors (Lipinski definition) is 4. The van der Waals surface area contributed by atoms with E-state index in [1.807, 2.05) is 0 Å². The molecule has 1 unspecified atom stereocenters. The summed E-state index contributed by atoms with van der Waals surface area (Å²) in [5.74, 6) is 0.724. The van der Waals surface area contributed by atoms with Crippen molar-refractivity contribution in [1.29, 1.82) is 0 Å². The zero-order valence-electron chi connectivity index (χ0n) is 9.28. The predicted molar refractivity (Wildman–Crippen MR) is 64.2 cm³/mol. The van der Waals surface area contributed by atoms with E-state index < -0.39 is 0 Å². The quantitative estimate of drug-likeness (QED) is 0.839. The third-order valence-corrected chi connectivity index (χ3v) is 3.88. The van der Waals surface area contributed by atoms with E-state index in [1.165, 1.54) is 30.2 Å². The van der Waals surface area contributed by atoms with Gasteiger partial charge in [-0.2, -0.15) is 0 Å². The molecule has 0 radical (unpaired) electrons. The third kappa shape index (κ3) is 3.00. The van der Waals surface area contributed by atoms with Crippen LogP contribution in [0.3, 0.4) is 0 Å². The van der Waals surface area contributed by atoms with Crippen LogP contribution in [0.2, 0.25) is 0 Å². The molecule has 0 spiro atoms. The van der Waals surface area contributed by atoms with Crippen molar-refractivity contribution < 1.29 is 0 Å². The molecule has 1 fully saturated rings. The van der Waals surface area contributed by atoms with E-state index in [0.717, 1.165) is 25.4 Å². The maximum Gasteiger partial charge on any atom is 0.0897 e. The maximum absolute atomic E-state index is 5.67. The molecule has 1 saturated heterocycles. The summed E-state index contributed by atoms with van der Waals surface area (Å²) in [6.45, 7) is 6.44. The molecule has 3 nitrogen and oxygen atoms in total. The lowest BCUT2D eigenvalue weighted by Gasteiger charge is -2.14. The Morgan fingerprint density at radius 3 is 3.13 bits per heavy atom. The van der Waals surface area contributed by atoms with Crippen LogP contribution >= 0.6 is 11.3 Å². The first kappa shape index (κ1) is 11.0. The number of hydrogen-bond donors (Lipinski definition) is 1. The number of rotatable bonds is 4. The zero-order valence-corrected chi connectivity index (χ0v) is 10.1. The highest BCUT2D eigenvalue weighted by Gasteiger charge is 2.20. The van der Waals surface area contributed by atoms with E-state index in [0.29, 0.717) is 0 Å². The summed E-state index contributed by atoms with van der Waals surface area (Å²) in [7, 11) is 0. The van der Waals surface area contributed by atoms with Crippen molar-refractivity contribution in [3.8, 4) is 0 Å². The number of aryl methyl sites for hydroxylation is 1. The molecule has 0 bridgehead atoms. The van der Waals surface area contributed by atoms with Gasteiger partial charge in [-0.05, 0) is 32.4 Å². The largest absolute Gasteiger partial charge is 0.330 e. The second-order valence-electron chi connectivity index (χ2n) is 4.30. The molecular formula is C11H19N3S. The van der Waals surface area contributed by atoms with E-state index in [1.54, 1.807) is 11.3 Å². The van der Waals surface area contributed by atoms with Crippen LogP contribution in [-0.2, 0) is 6.42 Å². The fourth-order valence-electron chi connectivity index (χ4n) is 2.10. The summed E-state index contributed by atoms with van der Waals surface area (Å²) in [6.07, 6.45) is 2.36. The van der Waals surface area contributed by atoms with Gasteiger partial charge in [0.15, 0.2) is 0 Å². The molecule has 0 aromatic carbocycles. The number of nitrogens with zero attached hydrogens (tertiary/aromatic N) is 2. The Balaban J connectivity index is 1.75. The van der Waals surface area contributed by atoms with Crippen LogP contribution in [0.5, 0.6) is 0 Å². The second-order valence-corrected chi connectivity index (χ2v) is 5.36. The number of likely N-dealkylation sites (tertiary alicyclic amines) is 1. The van der Waals surface area contributed by atoms with Crippen molar-refractivity contribution in [2.24, 2.45) is 11.7 Å². The molecule has 1 aliphatic heterocycles. The van der Waals surface area contributed by atoms with Crippen LogP contribution in [0.4, 0.5) is 0 Å². The Hall–Kier alpha value is -0.450. The van der Waals surface area contributed by atoms with Crippen molar-refractivity contribution in [3.05, 3.63) is 16.1 Å². The molecule has 2 heterocycles. The van der Waals surface area contributed by atoms with Gasteiger partial charge in [-0.25, -0.2) is 4.98 Å². The smallest absolute Gasteiger partial charge is 0.0897 e. The standard InChI is InChI=1S/C11H19N3S/c1-9-13-11(8-15-9)3-5-14-4-2-10(6-12)7-14/h8,10H,2-7,12H2,1H3. The van der Waals surface area contributed by atoms with Crippen molar-refractivity contribution >= 4 is 11.3 Å². The average molecular weight is 225 g/mol. The Bertz CT molecular complexity index is 311. The zero-order chi connectivity index (χ0) is 10.7. The maximum atomic E-state index is 5.67. The average Bonchev–Trinajstić information content (AvgIpc) is 2.83. The van der Waals surface area contributed by atoms with E-state index >= 15 is 0 Å². The molecule has 2 rings (SSSR count). The lowest BCUT2D eigenvalue weighted by atomic mass is 10.1. The van der Waals surface area contributed by atoms with Crippen molar-refractivity contribution in [1.82, 2.24) is 9.88 Å². The number of aromatic nitrogens is 1. The Morgan fingerprint density at radius 1 is 1.67 bits per heavy atom. The minimum absolute atomic E-state index is 0.724. The monoisotopic (exact) mass is 225 g/mol. The highest BCUT2D eigenvalue weighted by atomic mass is 32.1. The van der Waals surface area contributed by atoms with Crippen LogP contribution in [0.25, 0.3) is 0 Å². The Morgan fingerprint density at radius 2 is 2.53 bits per heavy atom. The molecule has 0 amide bonds. The van der Waals surface area contributed by atoms with Gasteiger partial charge in [-0.1, -0.05) is 0 Å². The van der Waals surface area contributed by atoms with Gasteiger partial charge in [0.1, 0.15) is 0 Å². The Kier molecular flexibility index (Phi) is 3.72. The lowest BCUT2D eigenvalue weighted by Crippen LogP contribution is -2.25. The van der Waals surface area contributed by atoms with Crippen LogP contribution < -0.4 is 5.73 Å². The fraction of sp³-hybridized carbons (Fsp3) is 0.727. The molecule has 0 saturated carbocycles. The highest BCUT2D eigenvalue weighted by Crippen LogP contribution is 2.15. The van der Waals surface area contributed by atoms with Crippen molar-refractivity contribution in [3.63, 3.8) is 0 Å². The van der Waals surface area contributed by atoms with Crippen LogP contribution in [0.15, 0.2) is 5.38 Å². The van der Waals surface area contributed by atoms with Gasteiger partial charge in [-0.3, -0.25) is 0 Å². The third-order valence-electron chi connectivity index (χ3n) is 3.05. The van der Waals surface area contributed by atoms with Gasteiger partial charge in [0.2, 0.25) is 0 Å². The lowest BCUT2D eigenvalue weighted by molar-refractivity contribution is 0.328. The predicted octanol–water partition coefficient (Wildman–Crippen LogP) is 1.27. The second kappa shape index (κ2) is 5.05. The molecule has 15 heavy (non-hydrogen) atoms. The molecule has 1 aromatic heterocycles. The Labute approximate surface area is 95.3 Å².